The van der Waals surface area contributed by atoms with E-state index in [1.807, 2.05) is 6.07 Å². The van der Waals surface area contributed by atoms with Gasteiger partial charge < -0.3 is 4.74 Å². The Bertz CT molecular complexity index is 417. The fraction of sp³-hybridized carbons (Fsp3) is 0.500. The number of cyclic esters (lactones) is 1. The molecule has 0 aliphatic carbocycles. The van der Waals surface area contributed by atoms with Crippen molar-refractivity contribution in [3.8, 4) is 0 Å². The van der Waals surface area contributed by atoms with Gasteiger partial charge in [-0.25, -0.2) is 0 Å². The van der Waals surface area contributed by atoms with Crippen molar-refractivity contribution in [2.75, 3.05) is 19.7 Å². The molecule has 1 aromatic rings. The topological polar surface area (TPSA) is 29.5 Å². The molecule has 1 unspecified atom stereocenters. The fourth-order valence-corrected chi connectivity index (χ4v) is 2.90. The smallest absolute Gasteiger partial charge is 0.313 e. The average Bonchev–Trinajstić information content (AvgIpc) is 2.90. The van der Waals surface area contributed by atoms with Gasteiger partial charge in [0.15, 0.2) is 0 Å². The highest BCUT2D eigenvalue weighted by Gasteiger charge is 2.48. The van der Waals surface area contributed by atoms with Crippen molar-refractivity contribution in [1.29, 1.82) is 0 Å². The quantitative estimate of drug-likeness (QED) is 0.727. The zero-order valence-electron chi connectivity index (χ0n) is 9.89. The lowest BCUT2D eigenvalue weighted by molar-refractivity contribution is -0.145. The molecule has 1 spiro atoms. The van der Waals surface area contributed by atoms with Crippen LogP contribution in [0, 0.1) is 5.41 Å². The molecule has 17 heavy (non-hydrogen) atoms. The lowest BCUT2D eigenvalue weighted by Crippen LogP contribution is -2.30. The summed E-state index contributed by atoms with van der Waals surface area (Å²) in [6, 6.07) is 10.4. The molecule has 3 nitrogen and oxygen atoms in total. The van der Waals surface area contributed by atoms with Gasteiger partial charge >= 0.3 is 5.97 Å². The van der Waals surface area contributed by atoms with Crippen molar-refractivity contribution in [2.45, 2.75) is 19.4 Å². The maximum atomic E-state index is 11.7. The Morgan fingerprint density at radius 2 is 2.06 bits per heavy atom. The molecule has 90 valence electrons. The highest BCUT2D eigenvalue weighted by Crippen LogP contribution is 2.39. The van der Waals surface area contributed by atoms with E-state index in [-0.39, 0.29) is 11.4 Å². The van der Waals surface area contributed by atoms with Crippen molar-refractivity contribution < 1.29 is 9.53 Å². The molecule has 0 N–H and O–H groups in total. The monoisotopic (exact) mass is 231 g/mol. The summed E-state index contributed by atoms with van der Waals surface area (Å²) in [4.78, 5) is 14.1. The Morgan fingerprint density at radius 3 is 2.76 bits per heavy atom. The Kier molecular flexibility index (Phi) is 2.63. The van der Waals surface area contributed by atoms with Gasteiger partial charge in [-0.3, -0.25) is 9.69 Å². The van der Waals surface area contributed by atoms with Crippen LogP contribution in [0.2, 0.25) is 0 Å². The first-order valence-corrected chi connectivity index (χ1v) is 6.22. The molecule has 1 aromatic carbocycles. The molecule has 0 aromatic heterocycles. The maximum Gasteiger partial charge on any atom is 0.313 e. The van der Waals surface area contributed by atoms with Crippen LogP contribution >= 0.6 is 0 Å². The van der Waals surface area contributed by atoms with Gasteiger partial charge in [0.2, 0.25) is 0 Å². The lowest BCUT2D eigenvalue weighted by atomic mass is 9.86. The van der Waals surface area contributed by atoms with Crippen LogP contribution in [0.25, 0.3) is 0 Å². The molecule has 2 fully saturated rings. The number of hydrogen-bond acceptors (Lipinski definition) is 3. The van der Waals surface area contributed by atoms with Crippen LogP contribution in [-0.4, -0.2) is 30.6 Å². The summed E-state index contributed by atoms with van der Waals surface area (Å²) >= 11 is 0. The first kappa shape index (κ1) is 10.8. The number of esters is 1. The molecule has 0 bridgehead atoms. The Morgan fingerprint density at radius 1 is 1.24 bits per heavy atom. The normalized spacial score (nSPS) is 28.8. The van der Waals surface area contributed by atoms with E-state index >= 15 is 0 Å². The standard InChI is InChI=1S/C14H17NO2/c16-13-14(7-9-17-13)6-8-15(11-14)10-12-4-2-1-3-5-12/h1-5H,6-11H2. The predicted octanol–water partition coefficient (Wildman–Crippen LogP) is 1.83. The first-order chi connectivity index (χ1) is 8.28. The molecule has 3 heteroatoms. The second kappa shape index (κ2) is 4.15. The van der Waals surface area contributed by atoms with E-state index in [9.17, 15) is 4.79 Å². The summed E-state index contributed by atoms with van der Waals surface area (Å²) in [6.45, 7) is 3.42. The summed E-state index contributed by atoms with van der Waals surface area (Å²) in [5.41, 5.74) is 1.13. The number of ether oxygens (including phenoxy) is 1. The zero-order valence-corrected chi connectivity index (χ0v) is 9.89. The van der Waals surface area contributed by atoms with Crippen LogP contribution < -0.4 is 0 Å². The number of rotatable bonds is 2. The largest absolute Gasteiger partial charge is 0.465 e. The second-order valence-corrected chi connectivity index (χ2v) is 5.11. The van der Waals surface area contributed by atoms with Gasteiger partial charge in [-0.2, -0.15) is 0 Å². The average molecular weight is 231 g/mol. The van der Waals surface area contributed by atoms with E-state index in [2.05, 4.69) is 29.2 Å². The molecule has 2 aliphatic heterocycles. The van der Waals surface area contributed by atoms with E-state index < -0.39 is 0 Å². The van der Waals surface area contributed by atoms with Crippen molar-refractivity contribution in [3.63, 3.8) is 0 Å². The van der Waals surface area contributed by atoms with E-state index in [1.165, 1.54) is 5.56 Å². The summed E-state index contributed by atoms with van der Waals surface area (Å²) in [7, 11) is 0. The molecule has 2 aliphatic rings. The Hall–Kier alpha value is -1.35. The van der Waals surface area contributed by atoms with Gasteiger partial charge in [-0.15, -0.1) is 0 Å². The number of likely N-dealkylation sites (tertiary alicyclic amines) is 1. The van der Waals surface area contributed by atoms with Crippen LogP contribution in [0.5, 0.6) is 0 Å². The number of hydrogen-bond donors (Lipinski definition) is 0. The molecule has 0 saturated carbocycles. The SMILES string of the molecule is O=C1OCCC12CCN(Cc1ccccc1)C2. The van der Waals surface area contributed by atoms with Gasteiger partial charge in [0.1, 0.15) is 0 Å². The van der Waals surface area contributed by atoms with Gasteiger partial charge in [-0.05, 0) is 24.9 Å². The third kappa shape index (κ3) is 1.95. The highest BCUT2D eigenvalue weighted by molar-refractivity contribution is 5.79. The molecule has 0 amide bonds. The van der Waals surface area contributed by atoms with Crippen molar-refractivity contribution in [2.24, 2.45) is 5.41 Å². The molecule has 1 atom stereocenters. The van der Waals surface area contributed by atoms with Crippen LogP contribution in [-0.2, 0) is 16.1 Å². The van der Waals surface area contributed by atoms with Gasteiger partial charge in [-0.1, -0.05) is 30.3 Å². The minimum Gasteiger partial charge on any atom is -0.465 e. The lowest BCUT2D eigenvalue weighted by Gasteiger charge is -2.19. The van der Waals surface area contributed by atoms with Crippen molar-refractivity contribution in [3.05, 3.63) is 35.9 Å². The minimum atomic E-state index is -0.186. The van der Waals surface area contributed by atoms with E-state index in [0.717, 1.165) is 32.5 Å². The Labute approximate surface area is 101 Å². The Balaban J connectivity index is 1.67. The third-order valence-electron chi connectivity index (χ3n) is 3.93. The number of carbonyl (C=O) groups is 1. The van der Waals surface area contributed by atoms with Crippen LogP contribution in [0.4, 0.5) is 0 Å². The van der Waals surface area contributed by atoms with Crippen molar-refractivity contribution >= 4 is 5.97 Å². The van der Waals surface area contributed by atoms with E-state index in [0.29, 0.717) is 6.61 Å². The fourth-order valence-electron chi connectivity index (χ4n) is 2.90. The molecular formula is C14H17NO2. The van der Waals surface area contributed by atoms with E-state index in [1.54, 1.807) is 0 Å². The van der Waals surface area contributed by atoms with Gasteiger partial charge in [0.25, 0.3) is 0 Å². The molecule has 3 rings (SSSR count). The highest BCUT2D eigenvalue weighted by atomic mass is 16.5. The summed E-state index contributed by atoms with van der Waals surface area (Å²) in [6.07, 6.45) is 1.86. The first-order valence-electron chi connectivity index (χ1n) is 6.22. The second-order valence-electron chi connectivity index (χ2n) is 5.11. The molecular weight excluding hydrogens is 214 g/mol. The minimum absolute atomic E-state index is 0.0214. The number of nitrogens with zero attached hydrogens (tertiary/aromatic N) is 1. The molecule has 2 saturated heterocycles. The summed E-state index contributed by atoms with van der Waals surface area (Å²) in [5.74, 6) is 0.0214. The van der Waals surface area contributed by atoms with Crippen LogP contribution in [0.3, 0.4) is 0 Å². The van der Waals surface area contributed by atoms with Crippen LogP contribution in [0.1, 0.15) is 18.4 Å². The summed E-state index contributed by atoms with van der Waals surface area (Å²) in [5, 5.41) is 0. The predicted molar refractivity (Wildman–Crippen MR) is 64.3 cm³/mol. The van der Waals surface area contributed by atoms with Crippen LogP contribution in [0.15, 0.2) is 30.3 Å². The van der Waals surface area contributed by atoms with Crippen molar-refractivity contribution in [1.82, 2.24) is 4.90 Å². The molecule has 2 heterocycles. The van der Waals surface area contributed by atoms with Gasteiger partial charge in [0.05, 0.1) is 12.0 Å². The zero-order chi connectivity index (χ0) is 11.7. The number of carbonyl (C=O) groups excluding carboxylic acids is 1. The number of benzene rings is 1. The van der Waals surface area contributed by atoms with E-state index in [4.69, 9.17) is 4.74 Å². The summed E-state index contributed by atoms with van der Waals surface area (Å²) < 4.78 is 5.12. The third-order valence-corrected chi connectivity index (χ3v) is 3.93. The maximum absolute atomic E-state index is 11.7. The van der Waals surface area contributed by atoms with Gasteiger partial charge in [0, 0.05) is 13.1 Å². The molecule has 0 radical (unpaired) electrons.